The van der Waals surface area contributed by atoms with Gasteiger partial charge in [0.15, 0.2) is 0 Å². The number of aromatic amines is 1. The van der Waals surface area contributed by atoms with Gasteiger partial charge < -0.3 is 10.3 Å². The number of nitrogens with one attached hydrogen (secondary N) is 2. The molecule has 1 aromatic heterocycles. The second-order valence-electron chi connectivity index (χ2n) is 14.5. The van der Waals surface area contributed by atoms with E-state index in [9.17, 15) is 0 Å². The third-order valence-corrected chi connectivity index (χ3v) is 12.2. The average Bonchev–Trinajstić information content (AvgIpc) is 3.86. The Morgan fingerprint density at radius 1 is 0.667 bits per heavy atom. The van der Waals surface area contributed by atoms with E-state index in [0.29, 0.717) is 0 Å². The lowest BCUT2D eigenvalue weighted by atomic mass is 9.90. The monoisotopic (exact) mass is 640 g/mol. The van der Waals surface area contributed by atoms with Crippen molar-refractivity contribution >= 4 is 28.9 Å². The van der Waals surface area contributed by atoms with Crippen LogP contribution in [0.25, 0.3) is 6.08 Å². The molecule has 6 nitrogen and oxygen atoms in total. The first-order valence-electron chi connectivity index (χ1n) is 18.2. The minimum absolute atomic E-state index is 0.0280. The highest BCUT2D eigenvalue weighted by Crippen LogP contribution is 2.43. The highest BCUT2D eigenvalue weighted by Gasteiger charge is 2.39. The van der Waals surface area contributed by atoms with E-state index in [2.05, 4.69) is 106 Å². The Kier molecular flexibility index (Phi) is 8.00. The Morgan fingerprint density at radius 3 is 2.04 bits per heavy atom. The first-order valence-corrected chi connectivity index (χ1v) is 18.2. The number of nitrogens with zero attached hydrogens (tertiary/aromatic N) is 4. The Hall–Kier alpha value is -4.06. The number of rotatable bonds is 4. The van der Waals surface area contributed by atoms with E-state index < -0.39 is 0 Å². The van der Waals surface area contributed by atoms with Gasteiger partial charge in [-0.15, -0.1) is 0 Å². The zero-order valence-electron chi connectivity index (χ0n) is 31.1. The van der Waals surface area contributed by atoms with Crippen molar-refractivity contribution in [1.82, 2.24) is 10.3 Å². The van der Waals surface area contributed by atoms with E-state index in [1.54, 1.807) is 0 Å². The van der Waals surface area contributed by atoms with Gasteiger partial charge in [0.2, 0.25) is 0 Å². The number of aliphatic imine (C=N–C) groups is 4. The molecular weight excluding hydrogens is 589 g/mol. The summed E-state index contributed by atoms with van der Waals surface area (Å²) in [5.41, 5.74) is 24.5. The number of allylic oxidation sites excluding steroid dienone is 6. The summed E-state index contributed by atoms with van der Waals surface area (Å²) in [5, 5.41) is 3.95. The number of hydrogen-bond acceptors (Lipinski definition) is 5. The normalized spacial score (nSPS) is 28.9. The molecule has 0 amide bonds. The largest absolute Gasteiger partial charge is 0.373 e. The summed E-state index contributed by atoms with van der Waals surface area (Å²) in [6, 6.07) is -0.0527. The zero-order chi connectivity index (χ0) is 34.3. The maximum absolute atomic E-state index is 5.52. The lowest BCUT2D eigenvalue weighted by molar-refractivity contribution is 0.805. The highest BCUT2D eigenvalue weighted by atomic mass is 15.0. The van der Waals surface area contributed by atoms with Crippen LogP contribution in [-0.2, 0) is 6.42 Å². The van der Waals surface area contributed by atoms with Gasteiger partial charge in [0.25, 0.3) is 0 Å². The predicted molar refractivity (Wildman–Crippen MR) is 203 cm³/mol. The van der Waals surface area contributed by atoms with Gasteiger partial charge >= 0.3 is 0 Å². The summed E-state index contributed by atoms with van der Waals surface area (Å²) in [6.07, 6.45) is 8.36. The summed E-state index contributed by atoms with van der Waals surface area (Å²) in [4.78, 5) is 25.6. The molecule has 1 aromatic rings. The van der Waals surface area contributed by atoms with Crippen LogP contribution in [0.2, 0.25) is 0 Å². The van der Waals surface area contributed by atoms with Crippen LogP contribution in [0.3, 0.4) is 0 Å². The molecule has 4 atom stereocenters. The molecule has 7 heterocycles. The molecule has 2 N–H and O–H groups in total. The van der Waals surface area contributed by atoms with Gasteiger partial charge in [-0.3, -0.25) is 15.0 Å². The van der Waals surface area contributed by atoms with E-state index in [1.165, 1.54) is 72.7 Å². The third-order valence-electron chi connectivity index (χ3n) is 12.2. The standard InChI is InChI=1S/C42H52N6/c1-13-27-23(9)39-35-19(5)20(6)36(47-35)41-25(11)29(15-3)33(45-41)18-34-30(16-4)26(12)42(46-34)38-22(8)21(7)37(48-38)40-24(10)28(14-2)32(44-40)17-31(27)43-39/h17-19,37,41-42,44,46H,13-16H2,1-12H3/b31-17-,34-18-. The van der Waals surface area contributed by atoms with Crippen LogP contribution in [0.4, 0.5) is 0 Å². The molecule has 250 valence electrons. The molecule has 0 fully saturated rings. The Morgan fingerprint density at radius 2 is 1.38 bits per heavy atom. The molecule has 0 saturated heterocycles. The number of H-pyrrole nitrogens is 1. The van der Waals surface area contributed by atoms with Crippen LogP contribution in [0.1, 0.15) is 124 Å². The SMILES string of the molecule is CCC1=C(C)C2N=C1/C=C1\NC(C3=NC(C(C)=C3C)c3[nH]c(c(CC)c3C)/C=C3\N=C(C4=NC2=C(C)C4C)C(C)=C3CC)C(C)=C1CC. The van der Waals surface area contributed by atoms with Gasteiger partial charge in [0.05, 0.1) is 40.3 Å². The van der Waals surface area contributed by atoms with Gasteiger partial charge in [0.1, 0.15) is 12.1 Å². The third kappa shape index (κ3) is 4.58. The molecule has 4 unspecified atom stereocenters. The van der Waals surface area contributed by atoms with Crippen molar-refractivity contribution in [2.45, 2.75) is 127 Å². The minimum Gasteiger partial charge on any atom is -0.373 e. The summed E-state index contributed by atoms with van der Waals surface area (Å²) in [7, 11) is 0. The molecule has 7 rings (SSSR count). The summed E-state index contributed by atoms with van der Waals surface area (Å²) >= 11 is 0. The van der Waals surface area contributed by atoms with Crippen molar-refractivity contribution in [2.24, 2.45) is 25.9 Å². The van der Waals surface area contributed by atoms with Gasteiger partial charge in [-0.2, -0.15) is 0 Å². The molecule has 6 aliphatic heterocycles. The molecule has 0 aliphatic carbocycles. The topological polar surface area (TPSA) is 77.3 Å². The van der Waals surface area contributed by atoms with Crippen molar-refractivity contribution < 1.29 is 0 Å². The van der Waals surface area contributed by atoms with Crippen molar-refractivity contribution in [3.8, 4) is 0 Å². The fourth-order valence-electron chi connectivity index (χ4n) is 8.96. The van der Waals surface area contributed by atoms with Crippen LogP contribution in [0.15, 0.2) is 93.3 Å². The fourth-order valence-corrected chi connectivity index (χ4v) is 8.96. The second-order valence-corrected chi connectivity index (χ2v) is 14.5. The molecule has 6 heteroatoms. The van der Waals surface area contributed by atoms with Crippen LogP contribution >= 0.6 is 0 Å². The second kappa shape index (κ2) is 11.8. The van der Waals surface area contributed by atoms with E-state index in [-0.39, 0.29) is 24.0 Å². The van der Waals surface area contributed by atoms with Gasteiger partial charge in [-0.25, -0.2) is 4.99 Å². The summed E-state index contributed by atoms with van der Waals surface area (Å²) < 4.78 is 0. The quantitative estimate of drug-likeness (QED) is 0.316. The number of fused-ring (bicyclic) bond motifs is 12. The lowest BCUT2D eigenvalue weighted by Crippen LogP contribution is -2.32. The Labute approximate surface area is 287 Å². The molecular formula is C42H52N6. The van der Waals surface area contributed by atoms with Crippen LogP contribution in [0, 0.1) is 12.8 Å². The lowest BCUT2D eigenvalue weighted by Gasteiger charge is -2.16. The Bertz CT molecular complexity index is 2020. The molecule has 12 bridgehead atoms. The van der Waals surface area contributed by atoms with E-state index >= 15 is 0 Å². The van der Waals surface area contributed by atoms with Crippen molar-refractivity contribution in [3.05, 3.63) is 95.8 Å². The Balaban J connectivity index is 1.49. The van der Waals surface area contributed by atoms with Gasteiger partial charge in [-0.05, 0) is 148 Å². The molecule has 0 saturated carbocycles. The fraction of sp³-hybridized carbons (Fsp3) is 0.476. The highest BCUT2D eigenvalue weighted by molar-refractivity contribution is 6.51. The summed E-state index contributed by atoms with van der Waals surface area (Å²) in [6.45, 7) is 27.1. The van der Waals surface area contributed by atoms with Gasteiger partial charge in [0, 0.05) is 23.0 Å². The molecule has 48 heavy (non-hydrogen) atoms. The zero-order valence-corrected chi connectivity index (χ0v) is 31.1. The number of hydrogen-bond donors (Lipinski definition) is 2. The van der Waals surface area contributed by atoms with E-state index in [4.69, 9.17) is 20.0 Å². The molecule has 0 aromatic carbocycles. The molecule has 0 spiro atoms. The number of aromatic nitrogens is 1. The van der Waals surface area contributed by atoms with E-state index in [0.717, 1.165) is 65.6 Å². The average molecular weight is 641 g/mol. The van der Waals surface area contributed by atoms with E-state index in [1.807, 2.05) is 0 Å². The van der Waals surface area contributed by atoms with Crippen LogP contribution in [0.5, 0.6) is 0 Å². The van der Waals surface area contributed by atoms with Crippen molar-refractivity contribution in [1.29, 1.82) is 0 Å². The minimum atomic E-state index is -0.0723. The first kappa shape index (κ1) is 32.5. The van der Waals surface area contributed by atoms with Gasteiger partial charge in [-0.1, -0.05) is 34.6 Å². The molecule has 0 radical (unpaired) electrons. The summed E-state index contributed by atoms with van der Waals surface area (Å²) in [5.74, 6) is 0.183. The molecule has 6 aliphatic rings. The van der Waals surface area contributed by atoms with Crippen molar-refractivity contribution in [3.63, 3.8) is 0 Å². The van der Waals surface area contributed by atoms with Crippen LogP contribution in [-0.4, -0.2) is 39.9 Å². The predicted octanol–water partition coefficient (Wildman–Crippen LogP) is 9.75. The maximum Gasteiger partial charge on any atom is 0.114 e. The smallest absolute Gasteiger partial charge is 0.114 e. The van der Waals surface area contributed by atoms with Crippen LogP contribution < -0.4 is 5.32 Å². The van der Waals surface area contributed by atoms with Crippen molar-refractivity contribution in [2.75, 3.05) is 0 Å². The first-order chi connectivity index (χ1) is 22.9. The maximum atomic E-state index is 5.52.